The predicted molar refractivity (Wildman–Crippen MR) is 126 cm³/mol. The van der Waals surface area contributed by atoms with Crippen LogP contribution in [0.4, 0.5) is 10.1 Å². The molecule has 33 heavy (non-hydrogen) atoms. The number of ether oxygens (including phenoxy) is 1. The quantitative estimate of drug-likeness (QED) is 0.454. The zero-order chi connectivity index (χ0) is 23.6. The van der Waals surface area contributed by atoms with E-state index in [0.717, 1.165) is 18.4 Å². The summed E-state index contributed by atoms with van der Waals surface area (Å²) in [6.45, 7) is 1.59. The smallest absolute Gasteiger partial charge is 0.228 e. The van der Waals surface area contributed by atoms with E-state index in [1.54, 1.807) is 49.4 Å². The summed E-state index contributed by atoms with van der Waals surface area (Å²) in [5.41, 5.74) is 1.53. The van der Waals surface area contributed by atoms with Crippen LogP contribution in [0, 0.1) is 5.82 Å². The van der Waals surface area contributed by atoms with Crippen molar-refractivity contribution in [1.82, 2.24) is 0 Å². The number of halogens is 2. The highest BCUT2D eigenvalue weighted by Gasteiger charge is 2.47. The third-order valence-electron chi connectivity index (χ3n) is 5.63. The maximum atomic E-state index is 13.8. The van der Waals surface area contributed by atoms with Crippen molar-refractivity contribution >= 4 is 33.0 Å². The number of amides is 1. The Morgan fingerprint density at radius 2 is 1.73 bits per heavy atom. The second kappa shape index (κ2) is 9.15. The third kappa shape index (κ3) is 5.37. The summed E-state index contributed by atoms with van der Waals surface area (Å²) >= 11 is 5.78. The molecule has 0 unspecified atom stereocenters. The van der Waals surface area contributed by atoms with Crippen LogP contribution in [0.3, 0.4) is 0 Å². The first-order valence-electron chi connectivity index (χ1n) is 10.6. The van der Waals surface area contributed by atoms with Gasteiger partial charge in [0.25, 0.3) is 0 Å². The number of carbonyl (C=O) groups is 1. The molecule has 172 valence electrons. The lowest BCUT2D eigenvalue weighted by Gasteiger charge is -2.19. The van der Waals surface area contributed by atoms with Crippen molar-refractivity contribution < 1.29 is 22.3 Å². The molecule has 1 fully saturated rings. The highest BCUT2D eigenvalue weighted by Crippen LogP contribution is 2.49. The van der Waals surface area contributed by atoms with Gasteiger partial charge in [-0.3, -0.25) is 4.79 Å². The number of sulfone groups is 1. The van der Waals surface area contributed by atoms with E-state index in [1.165, 1.54) is 24.3 Å². The fraction of sp³-hybridized carbons (Fsp3) is 0.240. The molecule has 4 rings (SSSR count). The number of anilines is 1. The summed E-state index contributed by atoms with van der Waals surface area (Å²) in [6, 6.07) is 18.0. The number of hydrogen-bond donors (Lipinski definition) is 1. The van der Waals surface area contributed by atoms with Gasteiger partial charge in [0.1, 0.15) is 17.2 Å². The molecule has 0 aromatic heterocycles. The van der Waals surface area contributed by atoms with Gasteiger partial charge in [0.05, 0.1) is 22.1 Å². The van der Waals surface area contributed by atoms with Crippen LogP contribution in [-0.2, 0) is 26.7 Å². The molecule has 3 aromatic carbocycles. The number of hydrogen-bond acceptors (Lipinski definition) is 4. The first-order valence-corrected chi connectivity index (χ1v) is 12.6. The van der Waals surface area contributed by atoms with Gasteiger partial charge in [-0.1, -0.05) is 36.7 Å². The van der Waals surface area contributed by atoms with Crippen molar-refractivity contribution in [3.05, 3.63) is 88.7 Å². The minimum atomic E-state index is -3.26. The maximum absolute atomic E-state index is 13.8. The number of nitrogens with one attached hydrogen (secondary N) is 1. The summed E-state index contributed by atoms with van der Waals surface area (Å²) in [5.74, 6) is -0.0352. The summed E-state index contributed by atoms with van der Waals surface area (Å²) in [7, 11) is -3.26. The van der Waals surface area contributed by atoms with Crippen molar-refractivity contribution in [2.24, 2.45) is 0 Å². The lowest BCUT2D eigenvalue weighted by atomic mass is 10.1. The van der Waals surface area contributed by atoms with E-state index >= 15 is 0 Å². The summed E-state index contributed by atoms with van der Waals surface area (Å²) in [6.07, 6.45) is 1.69. The van der Waals surface area contributed by atoms with Crippen molar-refractivity contribution in [2.45, 2.75) is 36.7 Å². The monoisotopic (exact) mass is 487 g/mol. The normalized spacial score (nSPS) is 14.5. The highest BCUT2D eigenvalue weighted by atomic mass is 35.5. The standard InChI is InChI=1S/C25H23ClFNO4S/c1-2-33(30,31)21-10-3-17(4-11-21)15-24(29)28-19-6-8-20(9-7-19)32-25(13-14-25)18-5-12-22(26)23(27)16-18/h3-12,16H,2,13-15H2,1H3,(H,28,29). The van der Waals surface area contributed by atoms with Gasteiger partial charge in [0.15, 0.2) is 9.84 Å². The van der Waals surface area contributed by atoms with Crippen molar-refractivity contribution in [3.63, 3.8) is 0 Å². The molecule has 0 heterocycles. The molecule has 0 aliphatic heterocycles. The van der Waals surface area contributed by atoms with Gasteiger partial charge in [-0.25, -0.2) is 12.8 Å². The molecular weight excluding hydrogens is 465 g/mol. The second-order valence-corrected chi connectivity index (χ2v) is 10.7. The van der Waals surface area contributed by atoms with Crippen molar-refractivity contribution in [1.29, 1.82) is 0 Å². The van der Waals surface area contributed by atoms with Gasteiger partial charge in [-0.05, 0) is 72.5 Å². The van der Waals surface area contributed by atoms with Crippen LogP contribution in [0.5, 0.6) is 5.75 Å². The number of carbonyl (C=O) groups excluding carboxylic acids is 1. The Hall–Kier alpha value is -2.90. The van der Waals surface area contributed by atoms with E-state index in [2.05, 4.69) is 5.32 Å². The van der Waals surface area contributed by atoms with Crippen LogP contribution in [0.1, 0.15) is 30.9 Å². The molecule has 0 atom stereocenters. The SMILES string of the molecule is CCS(=O)(=O)c1ccc(CC(=O)Nc2ccc(OC3(c4ccc(Cl)c(F)c4)CC3)cc2)cc1. The minimum absolute atomic E-state index is 0.0320. The second-order valence-electron chi connectivity index (χ2n) is 8.02. The van der Waals surface area contributed by atoms with Gasteiger partial charge in [0, 0.05) is 5.69 Å². The van der Waals surface area contributed by atoms with Crippen LogP contribution < -0.4 is 10.1 Å². The average Bonchev–Trinajstić information content (AvgIpc) is 3.58. The zero-order valence-corrected chi connectivity index (χ0v) is 19.5. The van der Waals surface area contributed by atoms with Crippen LogP contribution in [0.2, 0.25) is 5.02 Å². The Bertz CT molecular complexity index is 1270. The summed E-state index contributed by atoms with van der Waals surface area (Å²) in [4.78, 5) is 12.6. The molecule has 1 N–H and O–H groups in total. The van der Waals surface area contributed by atoms with Gasteiger partial charge >= 0.3 is 0 Å². The number of benzene rings is 3. The minimum Gasteiger partial charge on any atom is -0.483 e. The predicted octanol–water partition coefficient (Wildman–Crippen LogP) is 5.52. The molecule has 3 aromatic rings. The van der Waals surface area contributed by atoms with E-state index in [9.17, 15) is 17.6 Å². The van der Waals surface area contributed by atoms with Crippen LogP contribution in [-0.4, -0.2) is 20.1 Å². The molecule has 8 heteroatoms. The Labute approximate surface area is 197 Å². The van der Waals surface area contributed by atoms with Gasteiger partial charge in [-0.2, -0.15) is 0 Å². The zero-order valence-electron chi connectivity index (χ0n) is 18.0. The Morgan fingerprint density at radius 3 is 2.30 bits per heavy atom. The highest BCUT2D eigenvalue weighted by molar-refractivity contribution is 7.91. The van der Waals surface area contributed by atoms with Crippen LogP contribution in [0.25, 0.3) is 0 Å². The van der Waals surface area contributed by atoms with Gasteiger partial charge < -0.3 is 10.1 Å². The average molecular weight is 488 g/mol. The van der Waals surface area contributed by atoms with Crippen LogP contribution >= 0.6 is 11.6 Å². The molecule has 1 amide bonds. The molecule has 0 bridgehead atoms. The first-order chi connectivity index (χ1) is 15.7. The fourth-order valence-electron chi connectivity index (χ4n) is 3.55. The van der Waals surface area contributed by atoms with E-state index in [0.29, 0.717) is 17.0 Å². The van der Waals surface area contributed by atoms with Gasteiger partial charge in [0.2, 0.25) is 5.91 Å². The molecular formula is C25H23ClFNO4S. The van der Waals surface area contributed by atoms with E-state index < -0.39 is 21.3 Å². The van der Waals surface area contributed by atoms with Gasteiger partial charge in [-0.15, -0.1) is 0 Å². The third-order valence-corrected chi connectivity index (χ3v) is 7.69. The summed E-state index contributed by atoms with van der Waals surface area (Å²) < 4.78 is 43.7. The fourth-order valence-corrected chi connectivity index (χ4v) is 4.55. The Morgan fingerprint density at radius 1 is 1.06 bits per heavy atom. The topological polar surface area (TPSA) is 72.5 Å². The molecule has 0 radical (unpaired) electrons. The molecule has 0 saturated heterocycles. The molecule has 0 spiro atoms. The lowest BCUT2D eigenvalue weighted by molar-refractivity contribution is -0.115. The lowest BCUT2D eigenvalue weighted by Crippen LogP contribution is -2.16. The van der Waals surface area contributed by atoms with E-state index in [1.807, 2.05) is 0 Å². The molecule has 1 saturated carbocycles. The first kappa shape index (κ1) is 23.3. The molecule has 5 nitrogen and oxygen atoms in total. The van der Waals surface area contributed by atoms with Crippen LogP contribution in [0.15, 0.2) is 71.6 Å². The largest absolute Gasteiger partial charge is 0.483 e. The van der Waals surface area contributed by atoms with E-state index in [4.69, 9.17) is 16.3 Å². The van der Waals surface area contributed by atoms with Crippen molar-refractivity contribution in [2.75, 3.05) is 11.1 Å². The number of rotatable bonds is 8. The summed E-state index contributed by atoms with van der Waals surface area (Å²) in [5, 5.41) is 2.90. The van der Waals surface area contributed by atoms with Crippen molar-refractivity contribution in [3.8, 4) is 5.75 Å². The van der Waals surface area contributed by atoms with E-state index in [-0.39, 0.29) is 28.0 Å². The molecule has 1 aliphatic carbocycles. The Balaban J connectivity index is 1.36. The molecule has 1 aliphatic rings. The maximum Gasteiger partial charge on any atom is 0.228 e. The Kier molecular flexibility index (Phi) is 6.45.